The van der Waals surface area contributed by atoms with E-state index >= 15 is 0 Å². The van der Waals surface area contributed by atoms with Crippen LogP contribution in [0.5, 0.6) is 0 Å². The molecule has 0 aliphatic heterocycles. The first-order valence-electron chi connectivity index (χ1n) is 7.53. The van der Waals surface area contributed by atoms with Crippen molar-refractivity contribution in [2.45, 2.75) is 33.1 Å². The number of nitrogens with one attached hydrogen (secondary N) is 1. The minimum absolute atomic E-state index is 0.278. The first kappa shape index (κ1) is 11.5. The van der Waals surface area contributed by atoms with Gasteiger partial charge in [0.2, 0.25) is 5.91 Å². The zero-order chi connectivity index (χ0) is 13.1. The van der Waals surface area contributed by atoms with Crippen molar-refractivity contribution in [1.29, 1.82) is 0 Å². The second-order valence-corrected chi connectivity index (χ2v) is 6.82. The zero-order valence-electron chi connectivity index (χ0n) is 11.6. The summed E-state index contributed by atoms with van der Waals surface area (Å²) in [5.41, 5.74) is 3.37. The van der Waals surface area contributed by atoms with Crippen LogP contribution in [0.1, 0.15) is 30.4 Å². The maximum absolute atomic E-state index is 12.5. The lowest BCUT2D eigenvalue weighted by atomic mass is 10.0. The van der Waals surface area contributed by atoms with E-state index in [2.05, 4.69) is 37.4 Å². The molecule has 3 fully saturated rings. The van der Waals surface area contributed by atoms with Gasteiger partial charge in [-0.25, -0.2) is 0 Å². The highest BCUT2D eigenvalue weighted by molar-refractivity contribution is 5.95. The van der Waals surface area contributed by atoms with Gasteiger partial charge in [0.1, 0.15) is 0 Å². The Kier molecular flexibility index (Phi) is 2.33. The van der Waals surface area contributed by atoms with E-state index in [4.69, 9.17) is 0 Å². The lowest BCUT2D eigenvalue weighted by Crippen LogP contribution is -2.19. The monoisotopic (exact) mass is 255 g/mol. The standard InChI is InChI=1S/C17H21NO/c1-9-3-4-10(2)13(7-9)18-17(19)16-14-11-5-6-12(8-11)15(14)16/h3-4,7,11-12,14-16H,5-6,8H2,1-2H3,(H,18,19). The van der Waals surface area contributed by atoms with Crippen molar-refractivity contribution in [2.24, 2.45) is 29.6 Å². The average Bonchev–Trinajstić information content (AvgIpc) is 2.83. The van der Waals surface area contributed by atoms with Crippen LogP contribution < -0.4 is 5.32 Å². The fraction of sp³-hybridized carbons (Fsp3) is 0.588. The number of carbonyl (C=O) groups is 1. The van der Waals surface area contributed by atoms with Crippen LogP contribution in [0.4, 0.5) is 5.69 Å². The van der Waals surface area contributed by atoms with Crippen LogP contribution >= 0.6 is 0 Å². The summed E-state index contributed by atoms with van der Waals surface area (Å²) in [5, 5.41) is 3.17. The van der Waals surface area contributed by atoms with Gasteiger partial charge in [-0.3, -0.25) is 4.79 Å². The van der Waals surface area contributed by atoms with E-state index in [1.807, 2.05) is 0 Å². The van der Waals surface area contributed by atoms with Crippen LogP contribution in [0.25, 0.3) is 0 Å². The molecular formula is C17H21NO. The van der Waals surface area contributed by atoms with Crippen molar-refractivity contribution >= 4 is 11.6 Å². The summed E-state index contributed by atoms with van der Waals surface area (Å²) in [5.74, 6) is 3.79. The third-order valence-corrected chi connectivity index (χ3v) is 5.69. The van der Waals surface area contributed by atoms with Gasteiger partial charge in [-0.05, 0) is 74.0 Å². The normalized spacial score (nSPS) is 38.1. The zero-order valence-corrected chi connectivity index (χ0v) is 11.6. The number of aryl methyl sites for hydroxylation is 2. The molecule has 0 saturated heterocycles. The maximum Gasteiger partial charge on any atom is 0.228 e. The SMILES string of the molecule is Cc1ccc(C)c(NC(=O)C2C3C4CCC(C4)C23)c1. The Bertz CT molecular complexity index is 534. The van der Waals surface area contributed by atoms with Crippen molar-refractivity contribution in [3.8, 4) is 0 Å². The van der Waals surface area contributed by atoms with Gasteiger partial charge in [0.15, 0.2) is 0 Å². The third kappa shape index (κ3) is 1.65. The molecule has 100 valence electrons. The number of benzene rings is 1. The maximum atomic E-state index is 12.5. The molecule has 4 rings (SSSR count). The molecule has 2 nitrogen and oxygen atoms in total. The van der Waals surface area contributed by atoms with Crippen molar-refractivity contribution in [3.63, 3.8) is 0 Å². The summed E-state index contributed by atoms with van der Waals surface area (Å²) < 4.78 is 0. The third-order valence-electron chi connectivity index (χ3n) is 5.69. The lowest BCUT2D eigenvalue weighted by molar-refractivity contribution is -0.118. The highest BCUT2D eigenvalue weighted by Crippen LogP contribution is 2.69. The highest BCUT2D eigenvalue weighted by Gasteiger charge is 2.67. The van der Waals surface area contributed by atoms with Crippen LogP contribution in [0.15, 0.2) is 18.2 Å². The van der Waals surface area contributed by atoms with Crippen LogP contribution in [0.2, 0.25) is 0 Å². The molecule has 4 unspecified atom stereocenters. The molecule has 0 radical (unpaired) electrons. The topological polar surface area (TPSA) is 29.1 Å². The van der Waals surface area contributed by atoms with E-state index in [1.165, 1.54) is 24.8 Å². The molecule has 1 aromatic carbocycles. The summed E-state index contributed by atoms with van der Waals surface area (Å²) in [4.78, 5) is 12.5. The highest BCUT2D eigenvalue weighted by atomic mass is 16.2. The van der Waals surface area contributed by atoms with Gasteiger partial charge in [0, 0.05) is 11.6 Å². The Morgan fingerprint density at radius 1 is 1.16 bits per heavy atom. The van der Waals surface area contributed by atoms with E-state index < -0.39 is 0 Å². The predicted molar refractivity (Wildman–Crippen MR) is 75.8 cm³/mol. The van der Waals surface area contributed by atoms with Gasteiger partial charge >= 0.3 is 0 Å². The molecule has 2 heteroatoms. The molecule has 0 heterocycles. The van der Waals surface area contributed by atoms with Gasteiger partial charge in [-0.2, -0.15) is 0 Å². The van der Waals surface area contributed by atoms with Crippen LogP contribution in [0.3, 0.4) is 0 Å². The molecule has 3 aliphatic carbocycles. The predicted octanol–water partition coefficient (Wildman–Crippen LogP) is 3.53. The molecule has 1 amide bonds. The number of anilines is 1. The fourth-order valence-electron chi connectivity index (χ4n) is 4.76. The molecule has 2 bridgehead atoms. The smallest absolute Gasteiger partial charge is 0.228 e. The molecule has 3 aliphatic rings. The molecule has 19 heavy (non-hydrogen) atoms. The van der Waals surface area contributed by atoms with Crippen molar-refractivity contribution in [2.75, 3.05) is 5.32 Å². The Labute approximate surface area is 114 Å². The van der Waals surface area contributed by atoms with Gasteiger partial charge in [-0.1, -0.05) is 12.1 Å². The summed E-state index contributed by atoms with van der Waals surface area (Å²) in [6.07, 6.45) is 4.15. The first-order valence-corrected chi connectivity index (χ1v) is 7.53. The van der Waals surface area contributed by atoms with E-state index in [-0.39, 0.29) is 5.91 Å². The van der Waals surface area contributed by atoms with Gasteiger partial charge in [0.25, 0.3) is 0 Å². The Morgan fingerprint density at radius 3 is 2.53 bits per heavy atom. The van der Waals surface area contributed by atoms with Crippen molar-refractivity contribution in [3.05, 3.63) is 29.3 Å². The number of rotatable bonds is 2. The minimum atomic E-state index is 0.278. The van der Waals surface area contributed by atoms with E-state index in [9.17, 15) is 4.79 Å². The summed E-state index contributed by atoms with van der Waals surface area (Å²) >= 11 is 0. The number of fused-ring (bicyclic) bond motifs is 5. The number of carbonyl (C=O) groups excluding carboxylic acids is 1. The van der Waals surface area contributed by atoms with Crippen LogP contribution in [-0.4, -0.2) is 5.91 Å². The van der Waals surface area contributed by atoms with E-state index in [1.54, 1.807) is 0 Å². The minimum Gasteiger partial charge on any atom is -0.326 e. The lowest BCUT2D eigenvalue weighted by Gasteiger charge is -2.12. The van der Waals surface area contributed by atoms with Crippen molar-refractivity contribution in [1.82, 2.24) is 0 Å². The van der Waals surface area contributed by atoms with Crippen LogP contribution in [0, 0.1) is 43.4 Å². The Hall–Kier alpha value is -1.31. The van der Waals surface area contributed by atoms with E-state index in [0.29, 0.717) is 5.92 Å². The quantitative estimate of drug-likeness (QED) is 0.860. The van der Waals surface area contributed by atoms with E-state index in [0.717, 1.165) is 34.9 Å². The van der Waals surface area contributed by atoms with Crippen molar-refractivity contribution < 1.29 is 4.79 Å². The molecule has 3 saturated carbocycles. The largest absolute Gasteiger partial charge is 0.326 e. The molecule has 0 aromatic heterocycles. The average molecular weight is 255 g/mol. The van der Waals surface area contributed by atoms with Crippen LogP contribution in [-0.2, 0) is 4.79 Å². The second-order valence-electron chi connectivity index (χ2n) is 6.82. The number of hydrogen-bond donors (Lipinski definition) is 1. The Balaban J connectivity index is 1.50. The number of hydrogen-bond acceptors (Lipinski definition) is 1. The molecular weight excluding hydrogens is 234 g/mol. The summed E-state index contributed by atoms with van der Waals surface area (Å²) in [6, 6.07) is 6.26. The fourth-order valence-corrected chi connectivity index (χ4v) is 4.76. The van der Waals surface area contributed by atoms with Gasteiger partial charge < -0.3 is 5.32 Å². The molecule has 1 aromatic rings. The summed E-state index contributed by atoms with van der Waals surface area (Å²) in [7, 11) is 0. The van der Waals surface area contributed by atoms with Gasteiger partial charge in [-0.15, -0.1) is 0 Å². The number of amides is 1. The Morgan fingerprint density at radius 2 is 1.84 bits per heavy atom. The second kappa shape index (κ2) is 3.84. The molecule has 1 N–H and O–H groups in total. The molecule has 4 atom stereocenters. The summed E-state index contributed by atoms with van der Waals surface area (Å²) in [6.45, 7) is 4.13. The molecule has 0 spiro atoms. The first-order chi connectivity index (χ1) is 9.15. The van der Waals surface area contributed by atoms with Gasteiger partial charge in [0.05, 0.1) is 0 Å².